The summed E-state index contributed by atoms with van der Waals surface area (Å²) in [7, 11) is 0. The maximum absolute atomic E-state index is 12.2. The van der Waals surface area contributed by atoms with Crippen molar-refractivity contribution >= 4 is 22.9 Å². The summed E-state index contributed by atoms with van der Waals surface area (Å²) in [6.07, 6.45) is 3.38. The molecule has 22 heavy (non-hydrogen) atoms. The number of pyridine rings is 1. The number of carbonyl (C=O) groups excluding carboxylic acids is 1. The normalized spacial score (nSPS) is 9.95. The Hall–Kier alpha value is -3.04. The molecular formula is C16H10N4OS. The number of nitrogens with one attached hydrogen (secondary N) is 1. The fraction of sp³-hybridized carbons (Fsp3) is 0. The van der Waals surface area contributed by atoms with E-state index in [4.69, 9.17) is 5.26 Å². The number of nitriles is 1. The summed E-state index contributed by atoms with van der Waals surface area (Å²) in [5.74, 6) is -0.339. The van der Waals surface area contributed by atoms with Crippen molar-refractivity contribution in [3.8, 4) is 16.6 Å². The second kappa shape index (κ2) is 6.16. The van der Waals surface area contributed by atoms with E-state index in [9.17, 15) is 4.79 Å². The molecule has 6 heteroatoms. The quantitative estimate of drug-likeness (QED) is 0.805. The highest BCUT2D eigenvalue weighted by molar-refractivity contribution is 7.13. The molecule has 1 N–H and O–H groups in total. The summed E-state index contributed by atoms with van der Waals surface area (Å²) in [4.78, 5) is 20.6. The topological polar surface area (TPSA) is 78.7 Å². The lowest BCUT2D eigenvalue weighted by Crippen LogP contribution is -2.13. The molecule has 106 valence electrons. The van der Waals surface area contributed by atoms with Gasteiger partial charge in [0.2, 0.25) is 0 Å². The van der Waals surface area contributed by atoms with Crippen LogP contribution in [0.1, 0.15) is 16.1 Å². The third-order valence-corrected chi connectivity index (χ3v) is 3.83. The average Bonchev–Trinajstić information content (AvgIpc) is 3.06. The highest BCUT2D eigenvalue weighted by atomic mass is 32.1. The standard InChI is InChI=1S/C16H10N4OS/c17-8-11-4-1-2-6-13(11)19-15(21)14-10-22-16(20-14)12-5-3-7-18-9-12/h1-7,9-10H,(H,19,21). The Morgan fingerprint density at radius 3 is 2.86 bits per heavy atom. The van der Waals surface area contributed by atoms with Crippen molar-refractivity contribution in [2.45, 2.75) is 0 Å². The summed E-state index contributed by atoms with van der Waals surface area (Å²) in [5, 5.41) is 14.2. The summed E-state index contributed by atoms with van der Waals surface area (Å²) in [6, 6.07) is 12.6. The van der Waals surface area contributed by atoms with Crippen LogP contribution in [0.4, 0.5) is 5.69 Å². The van der Waals surface area contributed by atoms with Crippen LogP contribution in [0.3, 0.4) is 0 Å². The molecule has 2 heterocycles. The van der Waals surface area contributed by atoms with Crippen molar-refractivity contribution in [2.75, 3.05) is 5.32 Å². The van der Waals surface area contributed by atoms with Crippen LogP contribution >= 0.6 is 11.3 Å². The fourth-order valence-electron chi connectivity index (χ4n) is 1.88. The van der Waals surface area contributed by atoms with Gasteiger partial charge in [-0.1, -0.05) is 12.1 Å². The van der Waals surface area contributed by atoms with Crippen molar-refractivity contribution in [3.05, 3.63) is 65.4 Å². The molecule has 0 saturated heterocycles. The van der Waals surface area contributed by atoms with E-state index in [2.05, 4.69) is 15.3 Å². The van der Waals surface area contributed by atoms with Crippen LogP contribution < -0.4 is 5.32 Å². The van der Waals surface area contributed by atoms with Crippen molar-refractivity contribution in [1.29, 1.82) is 5.26 Å². The van der Waals surface area contributed by atoms with Crippen molar-refractivity contribution in [1.82, 2.24) is 9.97 Å². The molecule has 0 bridgehead atoms. The predicted octanol–water partition coefficient (Wildman–Crippen LogP) is 3.33. The van der Waals surface area contributed by atoms with Crippen LogP contribution in [-0.4, -0.2) is 15.9 Å². The first-order valence-electron chi connectivity index (χ1n) is 6.44. The maximum atomic E-state index is 12.2. The maximum Gasteiger partial charge on any atom is 0.275 e. The Morgan fingerprint density at radius 2 is 2.09 bits per heavy atom. The summed E-state index contributed by atoms with van der Waals surface area (Å²) in [5.41, 5.74) is 2.07. The van der Waals surface area contributed by atoms with Gasteiger partial charge in [0.05, 0.1) is 11.3 Å². The van der Waals surface area contributed by atoms with E-state index in [0.29, 0.717) is 16.9 Å². The smallest absolute Gasteiger partial charge is 0.275 e. The van der Waals surface area contributed by atoms with Gasteiger partial charge >= 0.3 is 0 Å². The van der Waals surface area contributed by atoms with Gasteiger partial charge in [-0.3, -0.25) is 9.78 Å². The number of nitrogens with zero attached hydrogens (tertiary/aromatic N) is 3. The number of thiazole rings is 1. The van der Waals surface area contributed by atoms with Gasteiger partial charge in [-0.25, -0.2) is 4.98 Å². The van der Waals surface area contributed by atoms with Crippen LogP contribution in [0.5, 0.6) is 0 Å². The zero-order valence-electron chi connectivity index (χ0n) is 11.4. The van der Waals surface area contributed by atoms with E-state index in [1.807, 2.05) is 18.2 Å². The van der Waals surface area contributed by atoms with Crippen LogP contribution in [0.2, 0.25) is 0 Å². The first kappa shape index (κ1) is 13.9. The second-order valence-corrected chi connectivity index (χ2v) is 5.25. The van der Waals surface area contributed by atoms with Gasteiger partial charge in [-0.2, -0.15) is 5.26 Å². The van der Waals surface area contributed by atoms with Gasteiger partial charge in [0.25, 0.3) is 5.91 Å². The first-order valence-corrected chi connectivity index (χ1v) is 7.32. The Morgan fingerprint density at radius 1 is 1.23 bits per heavy atom. The van der Waals surface area contributed by atoms with E-state index in [1.54, 1.807) is 42.0 Å². The summed E-state index contributed by atoms with van der Waals surface area (Å²) < 4.78 is 0. The third-order valence-electron chi connectivity index (χ3n) is 2.94. The zero-order valence-corrected chi connectivity index (χ0v) is 12.2. The highest BCUT2D eigenvalue weighted by Crippen LogP contribution is 2.23. The molecule has 0 unspecified atom stereocenters. The van der Waals surface area contributed by atoms with E-state index >= 15 is 0 Å². The van der Waals surface area contributed by atoms with Crippen molar-refractivity contribution < 1.29 is 4.79 Å². The SMILES string of the molecule is N#Cc1ccccc1NC(=O)c1csc(-c2cccnc2)n1. The molecule has 0 radical (unpaired) electrons. The minimum atomic E-state index is -0.339. The molecule has 0 atom stereocenters. The van der Waals surface area contributed by atoms with Crippen LogP contribution in [0.15, 0.2) is 54.2 Å². The molecule has 1 amide bonds. The largest absolute Gasteiger partial charge is 0.319 e. The molecule has 0 aliphatic rings. The van der Waals surface area contributed by atoms with Gasteiger partial charge in [-0.15, -0.1) is 11.3 Å². The Bertz CT molecular complexity index is 852. The van der Waals surface area contributed by atoms with Crippen LogP contribution in [-0.2, 0) is 0 Å². The first-order chi connectivity index (χ1) is 10.8. The lowest BCUT2D eigenvalue weighted by molar-refractivity contribution is 0.102. The van der Waals surface area contributed by atoms with Gasteiger partial charge in [-0.05, 0) is 24.3 Å². The summed E-state index contributed by atoms with van der Waals surface area (Å²) in [6.45, 7) is 0. The molecule has 0 aliphatic carbocycles. The molecule has 0 spiro atoms. The molecular weight excluding hydrogens is 296 g/mol. The molecule has 5 nitrogen and oxygen atoms in total. The van der Waals surface area contributed by atoms with E-state index < -0.39 is 0 Å². The van der Waals surface area contributed by atoms with E-state index in [0.717, 1.165) is 10.6 Å². The molecule has 1 aromatic carbocycles. The fourth-order valence-corrected chi connectivity index (χ4v) is 2.67. The number of rotatable bonds is 3. The minimum Gasteiger partial charge on any atom is -0.319 e. The number of para-hydroxylation sites is 1. The molecule has 2 aromatic heterocycles. The molecule has 0 fully saturated rings. The van der Waals surface area contributed by atoms with Crippen LogP contribution in [0, 0.1) is 11.3 Å². The number of aromatic nitrogens is 2. The Kier molecular flexibility index (Phi) is 3.90. The number of anilines is 1. The molecule has 0 saturated carbocycles. The second-order valence-electron chi connectivity index (χ2n) is 4.39. The van der Waals surface area contributed by atoms with Gasteiger partial charge in [0, 0.05) is 23.3 Å². The Labute approximate surface area is 130 Å². The number of benzene rings is 1. The monoisotopic (exact) mass is 306 g/mol. The van der Waals surface area contributed by atoms with Crippen molar-refractivity contribution in [2.24, 2.45) is 0 Å². The predicted molar refractivity (Wildman–Crippen MR) is 84.5 cm³/mol. The minimum absolute atomic E-state index is 0.316. The lowest BCUT2D eigenvalue weighted by atomic mass is 10.2. The molecule has 0 aliphatic heterocycles. The van der Waals surface area contributed by atoms with E-state index in [-0.39, 0.29) is 5.91 Å². The lowest BCUT2D eigenvalue weighted by Gasteiger charge is -2.04. The zero-order chi connectivity index (χ0) is 15.4. The van der Waals surface area contributed by atoms with Gasteiger partial charge in [0.1, 0.15) is 16.8 Å². The number of hydrogen-bond acceptors (Lipinski definition) is 5. The number of amides is 1. The average molecular weight is 306 g/mol. The molecule has 3 aromatic rings. The van der Waals surface area contributed by atoms with E-state index in [1.165, 1.54) is 11.3 Å². The Balaban J connectivity index is 1.82. The number of hydrogen-bond donors (Lipinski definition) is 1. The molecule has 3 rings (SSSR count). The van der Waals surface area contributed by atoms with Gasteiger partial charge < -0.3 is 5.32 Å². The number of carbonyl (C=O) groups is 1. The van der Waals surface area contributed by atoms with Gasteiger partial charge in [0.15, 0.2) is 0 Å². The van der Waals surface area contributed by atoms with Crippen LogP contribution in [0.25, 0.3) is 10.6 Å². The highest BCUT2D eigenvalue weighted by Gasteiger charge is 2.13. The third kappa shape index (κ3) is 2.85. The van der Waals surface area contributed by atoms with Crippen molar-refractivity contribution in [3.63, 3.8) is 0 Å². The summed E-state index contributed by atoms with van der Waals surface area (Å²) >= 11 is 1.37.